The van der Waals surface area contributed by atoms with E-state index >= 15 is 0 Å². The molecule has 1 amide bonds. The first-order valence-corrected chi connectivity index (χ1v) is 11.1. The number of nitrogens with zero attached hydrogens (tertiary/aromatic N) is 2. The van der Waals surface area contributed by atoms with Crippen molar-refractivity contribution in [2.45, 2.75) is 29.8 Å². The first kappa shape index (κ1) is 20.7. The summed E-state index contributed by atoms with van der Waals surface area (Å²) in [4.78, 5) is 21.3. The third-order valence-corrected chi connectivity index (χ3v) is 5.94. The number of nitrogens with one attached hydrogen (secondary N) is 1. The molecule has 0 bridgehead atoms. The predicted molar refractivity (Wildman–Crippen MR) is 118 cm³/mol. The molecule has 0 saturated carbocycles. The number of rotatable bonds is 7. The topological polar surface area (TPSA) is 54.9 Å². The average molecular weight is 430 g/mol. The zero-order valence-corrected chi connectivity index (χ0v) is 18.0. The third-order valence-electron chi connectivity index (χ3n) is 3.86. The minimum absolute atomic E-state index is 0.0501. The summed E-state index contributed by atoms with van der Waals surface area (Å²) in [6.07, 6.45) is 0. The maximum absolute atomic E-state index is 12.3. The number of anilines is 1. The highest BCUT2D eigenvalue weighted by molar-refractivity contribution is 8.00. The van der Waals surface area contributed by atoms with Gasteiger partial charge in [0.2, 0.25) is 5.91 Å². The van der Waals surface area contributed by atoms with Crippen LogP contribution in [0.2, 0.25) is 5.02 Å². The number of carbonyl (C=O) groups excluding carboxylic acids is 1. The molecule has 0 unspecified atom stereocenters. The van der Waals surface area contributed by atoms with Crippen molar-refractivity contribution in [3.63, 3.8) is 0 Å². The van der Waals surface area contributed by atoms with E-state index in [0.717, 1.165) is 38.3 Å². The summed E-state index contributed by atoms with van der Waals surface area (Å²) in [6.45, 7) is 3.91. The van der Waals surface area contributed by atoms with Gasteiger partial charge in [-0.1, -0.05) is 65.5 Å². The molecule has 28 heavy (non-hydrogen) atoms. The summed E-state index contributed by atoms with van der Waals surface area (Å²) < 4.78 is 0. The van der Waals surface area contributed by atoms with Crippen LogP contribution in [0, 0.1) is 13.8 Å². The van der Waals surface area contributed by atoms with E-state index in [2.05, 4.69) is 15.3 Å². The van der Waals surface area contributed by atoms with Gasteiger partial charge in [-0.25, -0.2) is 9.97 Å². The standard InChI is InChI=1S/C21H20ClN3OS2/c1-14-5-3-4-6-18(14)24-19(26)13-27-20-11-15(2)23-21(25-20)28-12-16-7-9-17(22)10-8-16/h3-11H,12-13H2,1-2H3,(H,24,26). The van der Waals surface area contributed by atoms with Gasteiger partial charge in [0.25, 0.3) is 0 Å². The van der Waals surface area contributed by atoms with Crippen LogP contribution in [-0.2, 0) is 10.5 Å². The Morgan fingerprint density at radius 2 is 1.79 bits per heavy atom. The number of benzene rings is 2. The zero-order chi connectivity index (χ0) is 19.9. The van der Waals surface area contributed by atoms with Crippen LogP contribution in [0.5, 0.6) is 0 Å². The summed E-state index contributed by atoms with van der Waals surface area (Å²) in [7, 11) is 0. The quantitative estimate of drug-likeness (QED) is 0.293. The Bertz CT molecular complexity index is 964. The Morgan fingerprint density at radius 1 is 1.04 bits per heavy atom. The van der Waals surface area contributed by atoms with Gasteiger partial charge in [-0.3, -0.25) is 4.79 Å². The van der Waals surface area contributed by atoms with Crippen molar-refractivity contribution in [1.82, 2.24) is 9.97 Å². The van der Waals surface area contributed by atoms with Gasteiger partial charge in [-0.2, -0.15) is 0 Å². The van der Waals surface area contributed by atoms with Gasteiger partial charge < -0.3 is 5.32 Å². The zero-order valence-electron chi connectivity index (χ0n) is 15.6. The lowest BCUT2D eigenvalue weighted by atomic mass is 10.2. The second-order valence-corrected chi connectivity index (χ2v) is 8.57. The number of para-hydroxylation sites is 1. The second-order valence-electron chi connectivity index (χ2n) is 6.20. The van der Waals surface area contributed by atoms with Crippen LogP contribution in [-0.4, -0.2) is 21.6 Å². The molecule has 0 spiro atoms. The Labute approximate surface area is 178 Å². The molecular formula is C21H20ClN3OS2. The molecule has 1 aromatic heterocycles. The number of thioether (sulfide) groups is 2. The van der Waals surface area contributed by atoms with Crippen LogP contribution in [0.3, 0.4) is 0 Å². The van der Waals surface area contributed by atoms with E-state index in [1.54, 1.807) is 11.8 Å². The molecule has 144 valence electrons. The van der Waals surface area contributed by atoms with E-state index < -0.39 is 0 Å². The summed E-state index contributed by atoms with van der Waals surface area (Å²) in [5, 5.41) is 5.17. The molecule has 2 aromatic carbocycles. The average Bonchev–Trinajstić information content (AvgIpc) is 2.67. The second kappa shape index (κ2) is 9.96. The summed E-state index contributed by atoms with van der Waals surface area (Å²) >= 11 is 8.90. The number of aromatic nitrogens is 2. The fourth-order valence-corrected chi connectivity index (χ4v) is 4.22. The van der Waals surface area contributed by atoms with Crippen molar-refractivity contribution >= 4 is 46.7 Å². The molecule has 0 aliphatic rings. The van der Waals surface area contributed by atoms with Gasteiger partial charge in [0.1, 0.15) is 5.03 Å². The fourth-order valence-electron chi connectivity index (χ4n) is 2.42. The first-order chi connectivity index (χ1) is 13.5. The highest BCUT2D eigenvalue weighted by atomic mass is 35.5. The highest BCUT2D eigenvalue weighted by Gasteiger charge is 2.09. The smallest absolute Gasteiger partial charge is 0.234 e. The van der Waals surface area contributed by atoms with E-state index in [1.165, 1.54) is 11.8 Å². The van der Waals surface area contributed by atoms with Gasteiger partial charge in [0.15, 0.2) is 5.16 Å². The number of carbonyl (C=O) groups is 1. The molecule has 0 atom stereocenters. The van der Waals surface area contributed by atoms with Crippen LogP contribution in [0.15, 0.2) is 64.8 Å². The number of aryl methyl sites for hydroxylation is 2. The van der Waals surface area contributed by atoms with Gasteiger partial charge in [-0.15, -0.1) is 0 Å². The molecule has 1 heterocycles. The minimum Gasteiger partial charge on any atom is -0.325 e. The normalized spacial score (nSPS) is 10.7. The lowest BCUT2D eigenvalue weighted by Crippen LogP contribution is -2.14. The number of hydrogen-bond donors (Lipinski definition) is 1. The monoisotopic (exact) mass is 429 g/mol. The van der Waals surface area contributed by atoms with Crippen LogP contribution in [0.25, 0.3) is 0 Å². The van der Waals surface area contributed by atoms with Crippen molar-refractivity contribution in [3.8, 4) is 0 Å². The molecule has 7 heteroatoms. The molecule has 4 nitrogen and oxygen atoms in total. The Hall–Kier alpha value is -2.02. The molecule has 0 radical (unpaired) electrons. The van der Waals surface area contributed by atoms with Crippen molar-refractivity contribution in [2.75, 3.05) is 11.1 Å². The predicted octanol–water partition coefficient (Wildman–Crippen LogP) is 5.77. The molecule has 3 aromatic rings. The first-order valence-electron chi connectivity index (χ1n) is 8.71. The Balaban J connectivity index is 1.57. The van der Waals surface area contributed by atoms with E-state index in [0.29, 0.717) is 10.9 Å². The van der Waals surface area contributed by atoms with Crippen LogP contribution in [0.4, 0.5) is 5.69 Å². The number of amides is 1. The van der Waals surface area contributed by atoms with Crippen LogP contribution >= 0.6 is 35.1 Å². The molecule has 3 rings (SSSR count). The molecule has 0 aliphatic heterocycles. The molecule has 0 fully saturated rings. The van der Waals surface area contributed by atoms with Gasteiger partial charge in [0.05, 0.1) is 5.75 Å². The minimum atomic E-state index is -0.0501. The number of hydrogen-bond acceptors (Lipinski definition) is 5. The summed E-state index contributed by atoms with van der Waals surface area (Å²) in [6, 6.07) is 17.4. The van der Waals surface area contributed by atoms with E-state index in [9.17, 15) is 4.79 Å². The van der Waals surface area contributed by atoms with Crippen molar-refractivity contribution in [2.24, 2.45) is 0 Å². The lowest BCUT2D eigenvalue weighted by molar-refractivity contribution is -0.113. The Morgan fingerprint density at radius 3 is 2.54 bits per heavy atom. The van der Waals surface area contributed by atoms with Crippen molar-refractivity contribution < 1.29 is 4.79 Å². The van der Waals surface area contributed by atoms with Gasteiger partial charge >= 0.3 is 0 Å². The SMILES string of the molecule is Cc1cc(SCC(=O)Nc2ccccc2C)nc(SCc2ccc(Cl)cc2)n1. The maximum Gasteiger partial charge on any atom is 0.234 e. The fraction of sp³-hybridized carbons (Fsp3) is 0.190. The Kier molecular flexibility index (Phi) is 7.36. The highest BCUT2D eigenvalue weighted by Crippen LogP contribution is 2.24. The maximum atomic E-state index is 12.3. The van der Waals surface area contributed by atoms with E-state index in [-0.39, 0.29) is 5.91 Å². The number of halogens is 1. The third kappa shape index (κ3) is 6.26. The molecule has 0 aliphatic carbocycles. The summed E-state index contributed by atoms with van der Waals surface area (Å²) in [5.74, 6) is 1.01. The summed E-state index contributed by atoms with van der Waals surface area (Å²) in [5.41, 5.74) is 3.92. The molecule has 0 saturated heterocycles. The molecule has 1 N–H and O–H groups in total. The van der Waals surface area contributed by atoms with Crippen LogP contribution in [0.1, 0.15) is 16.8 Å². The van der Waals surface area contributed by atoms with Gasteiger partial charge in [-0.05, 0) is 49.2 Å². The lowest BCUT2D eigenvalue weighted by Gasteiger charge is -2.08. The van der Waals surface area contributed by atoms with E-state index in [1.807, 2.05) is 68.4 Å². The van der Waals surface area contributed by atoms with Gasteiger partial charge in [0, 0.05) is 22.2 Å². The van der Waals surface area contributed by atoms with Crippen LogP contribution < -0.4 is 5.32 Å². The molecular weight excluding hydrogens is 410 g/mol. The largest absolute Gasteiger partial charge is 0.325 e. The van der Waals surface area contributed by atoms with Crippen molar-refractivity contribution in [3.05, 3.63) is 76.4 Å². The van der Waals surface area contributed by atoms with E-state index in [4.69, 9.17) is 11.6 Å². The van der Waals surface area contributed by atoms with Crippen molar-refractivity contribution in [1.29, 1.82) is 0 Å².